The number of imidazole rings is 1. The first-order valence-electron chi connectivity index (χ1n) is 9.40. The van der Waals surface area contributed by atoms with Crippen molar-refractivity contribution < 1.29 is 18.3 Å². The zero-order valence-corrected chi connectivity index (χ0v) is 16.6. The second kappa shape index (κ2) is 8.02. The second-order valence-electron chi connectivity index (χ2n) is 7.02. The monoisotopic (exact) mass is 424 g/mol. The molecule has 0 saturated carbocycles. The number of benzene rings is 2. The van der Waals surface area contributed by atoms with Crippen molar-refractivity contribution in [2.45, 2.75) is 13.0 Å². The molecule has 2 N–H and O–H groups in total. The molecule has 2 heterocycles. The van der Waals surface area contributed by atoms with E-state index in [2.05, 4.69) is 15.3 Å². The van der Waals surface area contributed by atoms with Crippen LogP contribution in [-0.2, 0) is 7.05 Å². The molecule has 158 valence electrons. The summed E-state index contributed by atoms with van der Waals surface area (Å²) in [5.74, 6) is -1.95. The third-order valence-electron chi connectivity index (χ3n) is 4.89. The lowest BCUT2D eigenvalue weighted by molar-refractivity contribution is 0.0940. The molecule has 2 aromatic heterocycles. The Balaban J connectivity index is 1.44. The van der Waals surface area contributed by atoms with Crippen molar-refractivity contribution in [3.63, 3.8) is 0 Å². The van der Waals surface area contributed by atoms with Gasteiger partial charge in [0.1, 0.15) is 5.75 Å². The Morgan fingerprint density at radius 1 is 1.13 bits per heavy atom. The number of aryl methyl sites for hydroxylation is 1. The van der Waals surface area contributed by atoms with Crippen molar-refractivity contribution in [1.29, 1.82) is 0 Å². The number of amides is 1. The average Bonchev–Trinajstić information content (AvgIpc) is 3.04. The lowest BCUT2D eigenvalue weighted by Crippen LogP contribution is -2.26. The maximum Gasteiger partial charge on any atom is 0.326 e. The van der Waals surface area contributed by atoms with Crippen LogP contribution < -0.4 is 15.7 Å². The van der Waals surface area contributed by atoms with Crippen LogP contribution in [0.3, 0.4) is 0 Å². The Morgan fingerprint density at radius 2 is 1.94 bits per heavy atom. The van der Waals surface area contributed by atoms with E-state index in [0.717, 1.165) is 17.7 Å². The van der Waals surface area contributed by atoms with Crippen molar-refractivity contribution >= 4 is 16.9 Å². The van der Waals surface area contributed by atoms with Gasteiger partial charge in [0.05, 0.1) is 17.1 Å². The normalized spacial score (nSPS) is 12.0. The fraction of sp³-hybridized carbons (Fsp3) is 0.136. The molecule has 0 aliphatic carbocycles. The quantitative estimate of drug-likeness (QED) is 0.510. The van der Waals surface area contributed by atoms with Crippen LogP contribution >= 0.6 is 0 Å². The maximum atomic E-state index is 13.3. The highest BCUT2D eigenvalue weighted by atomic mass is 19.2. The van der Waals surface area contributed by atoms with Crippen LogP contribution in [0.25, 0.3) is 11.0 Å². The number of aromatic nitrogens is 3. The van der Waals surface area contributed by atoms with Crippen molar-refractivity contribution in [2.75, 3.05) is 0 Å². The largest absolute Gasteiger partial charge is 0.439 e. The highest BCUT2D eigenvalue weighted by molar-refractivity contribution is 5.97. The number of pyridine rings is 1. The molecule has 4 aromatic rings. The van der Waals surface area contributed by atoms with Crippen LogP contribution in [-0.4, -0.2) is 20.4 Å². The molecule has 1 amide bonds. The van der Waals surface area contributed by atoms with E-state index in [1.165, 1.54) is 16.8 Å². The van der Waals surface area contributed by atoms with E-state index in [0.29, 0.717) is 16.6 Å². The van der Waals surface area contributed by atoms with Crippen molar-refractivity contribution in [2.24, 2.45) is 7.05 Å². The summed E-state index contributed by atoms with van der Waals surface area (Å²) in [4.78, 5) is 31.2. The van der Waals surface area contributed by atoms with Crippen LogP contribution in [0.15, 0.2) is 59.5 Å². The lowest BCUT2D eigenvalue weighted by atomic mass is 10.1. The van der Waals surface area contributed by atoms with Gasteiger partial charge in [-0.1, -0.05) is 6.07 Å². The van der Waals surface area contributed by atoms with Gasteiger partial charge in [-0.15, -0.1) is 0 Å². The molecule has 2 aromatic carbocycles. The number of halogens is 2. The first-order valence-corrected chi connectivity index (χ1v) is 9.40. The SMILES string of the molecule is C[C@H](NC(=O)c1ccc2c(c1)[nH]c(=O)n2C)c1ccc(Oc2ccc(F)c(F)c2)nc1. The molecule has 31 heavy (non-hydrogen) atoms. The summed E-state index contributed by atoms with van der Waals surface area (Å²) in [7, 11) is 1.65. The van der Waals surface area contributed by atoms with Gasteiger partial charge in [0.25, 0.3) is 5.91 Å². The number of nitrogens with one attached hydrogen (secondary N) is 2. The molecular weight excluding hydrogens is 406 g/mol. The Hall–Kier alpha value is -4.01. The molecule has 0 aliphatic heterocycles. The molecule has 4 rings (SSSR count). The Bertz CT molecular complexity index is 1330. The average molecular weight is 424 g/mol. The molecule has 1 atom stereocenters. The number of aromatic amines is 1. The third-order valence-corrected chi connectivity index (χ3v) is 4.89. The van der Waals surface area contributed by atoms with Gasteiger partial charge in [-0.05, 0) is 42.8 Å². The number of H-pyrrole nitrogens is 1. The number of fused-ring (bicyclic) bond motifs is 1. The van der Waals surface area contributed by atoms with Gasteiger partial charge in [0.2, 0.25) is 5.88 Å². The number of ether oxygens (including phenoxy) is 1. The van der Waals surface area contributed by atoms with Crippen LogP contribution in [0.1, 0.15) is 28.9 Å². The van der Waals surface area contributed by atoms with Crippen molar-refractivity contribution in [3.8, 4) is 11.6 Å². The topological polar surface area (TPSA) is 89.0 Å². The molecule has 0 aliphatic rings. The van der Waals surface area contributed by atoms with E-state index in [1.54, 1.807) is 44.3 Å². The van der Waals surface area contributed by atoms with Gasteiger partial charge in [-0.2, -0.15) is 0 Å². The van der Waals surface area contributed by atoms with E-state index in [9.17, 15) is 18.4 Å². The molecule has 7 nitrogen and oxygen atoms in total. The van der Waals surface area contributed by atoms with E-state index in [-0.39, 0.29) is 29.3 Å². The molecule has 0 unspecified atom stereocenters. The highest BCUT2D eigenvalue weighted by Crippen LogP contribution is 2.23. The predicted octanol–water partition coefficient (Wildman–Crippen LogP) is 3.82. The molecule has 0 radical (unpaired) electrons. The summed E-state index contributed by atoms with van der Waals surface area (Å²) in [6.07, 6.45) is 1.53. The molecule has 9 heteroatoms. The minimum atomic E-state index is -1.01. The van der Waals surface area contributed by atoms with E-state index >= 15 is 0 Å². The highest BCUT2D eigenvalue weighted by Gasteiger charge is 2.14. The molecule has 0 saturated heterocycles. The summed E-state index contributed by atoms with van der Waals surface area (Å²) in [6, 6.07) is 11.1. The smallest absolute Gasteiger partial charge is 0.326 e. The lowest BCUT2D eigenvalue weighted by Gasteiger charge is -2.14. The van der Waals surface area contributed by atoms with Gasteiger partial charge in [0.15, 0.2) is 11.6 Å². The summed E-state index contributed by atoms with van der Waals surface area (Å²) in [5.41, 5.74) is 2.16. The number of carbonyl (C=O) groups excluding carboxylic acids is 1. The van der Waals surface area contributed by atoms with Gasteiger partial charge in [0, 0.05) is 30.9 Å². The van der Waals surface area contributed by atoms with Gasteiger partial charge >= 0.3 is 5.69 Å². The summed E-state index contributed by atoms with van der Waals surface area (Å²) < 4.78 is 33.2. The number of hydrogen-bond acceptors (Lipinski definition) is 4. The first-order chi connectivity index (χ1) is 14.8. The van der Waals surface area contributed by atoms with Gasteiger partial charge in [-0.3, -0.25) is 9.36 Å². The Labute approximate surface area is 175 Å². The zero-order valence-electron chi connectivity index (χ0n) is 16.6. The van der Waals surface area contributed by atoms with Gasteiger partial charge in [-0.25, -0.2) is 18.6 Å². The van der Waals surface area contributed by atoms with Crippen molar-refractivity contribution in [3.05, 3.63) is 88.0 Å². The summed E-state index contributed by atoms with van der Waals surface area (Å²) in [6.45, 7) is 1.80. The van der Waals surface area contributed by atoms with Crippen LogP contribution in [0.2, 0.25) is 0 Å². The van der Waals surface area contributed by atoms with Gasteiger partial charge < -0.3 is 15.0 Å². The minimum absolute atomic E-state index is 0.120. The molecule has 0 bridgehead atoms. The fourth-order valence-corrected chi connectivity index (χ4v) is 3.11. The maximum absolute atomic E-state index is 13.3. The number of hydrogen-bond donors (Lipinski definition) is 2. The number of nitrogens with zero attached hydrogens (tertiary/aromatic N) is 2. The van der Waals surface area contributed by atoms with E-state index in [4.69, 9.17) is 4.74 Å². The standard InChI is InChI=1S/C22H18F2N4O3/c1-12(26-21(29)13-3-7-19-18(9-13)27-22(30)28(19)2)14-4-8-20(25-11-14)31-15-5-6-16(23)17(24)10-15/h3-12H,1-2H3,(H,26,29)(H,27,30)/t12-/m0/s1. The van der Waals surface area contributed by atoms with E-state index in [1.807, 2.05) is 0 Å². The second-order valence-corrected chi connectivity index (χ2v) is 7.02. The van der Waals surface area contributed by atoms with Crippen molar-refractivity contribution in [1.82, 2.24) is 19.9 Å². The molecule has 0 spiro atoms. The third kappa shape index (κ3) is 4.16. The predicted molar refractivity (Wildman–Crippen MR) is 110 cm³/mol. The van der Waals surface area contributed by atoms with Crippen LogP contribution in [0.5, 0.6) is 11.6 Å². The minimum Gasteiger partial charge on any atom is -0.439 e. The number of rotatable bonds is 5. The number of carbonyl (C=O) groups is 1. The fourth-order valence-electron chi connectivity index (χ4n) is 3.11. The summed E-state index contributed by atoms with van der Waals surface area (Å²) >= 11 is 0. The Morgan fingerprint density at radius 3 is 2.65 bits per heavy atom. The summed E-state index contributed by atoms with van der Waals surface area (Å²) in [5, 5.41) is 2.87. The molecule has 0 fully saturated rings. The first kappa shape index (κ1) is 20.3. The zero-order chi connectivity index (χ0) is 22.1. The van der Waals surface area contributed by atoms with Crippen LogP contribution in [0, 0.1) is 11.6 Å². The Kier molecular flexibility index (Phi) is 5.24. The van der Waals surface area contributed by atoms with E-state index < -0.39 is 11.6 Å². The van der Waals surface area contributed by atoms with Crippen LogP contribution in [0.4, 0.5) is 8.78 Å². The molecular formula is C22H18F2N4O3.